The van der Waals surface area contributed by atoms with Gasteiger partial charge in [-0.1, -0.05) is 42.5 Å². The van der Waals surface area contributed by atoms with E-state index in [1.54, 1.807) is 6.07 Å². The summed E-state index contributed by atoms with van der Waals surface area (Å²) in [6.45, 7) is 4.17. The number of para-hydroxylation sites is 1. The molecule has 0 atom stereocenters. The molecule has 1 amide bonds. The number of aryl methyl sites for hydroxylation is 1. The van der Waals surface area contributed by atoms with Crippen LogP contribution in [-0.2, 0) is 17.8 Å². The first kappa shape index (κ1) is 18.4. The lowest BCUT2D eigenvalue weighted by Gasteiger charge is -2.34. The molecule has 0 unspecified atom stereocenters. The van der Waals surface area contributed by atoms with E-state index >= 15 is 0 Å². The van der Waals surface area contributed by atoms with Gasteiger partial charge in [-0.15, -0.1) is 0 Å². The molecule has 4 rings (SSSR count). The van der Waals surface area contributed by atoms with E-state index < -0.39 is 0 Å². The molecule has 3 aromatic rings. The lowest BCUT2D eigenvalue weighted by atomic mass is 10.2. The Morgan fingerprint density at radius 1 is 0.964 bits per heavy atom. The van der Waals surface area contributed by atoms with E-state index in [4.69, 9.17) is 0 Å². The molecule has 0 bridgehead atoms. The van der Waals surface area contributed by atoms with Crippen LogP contribution in [0, 0.1) is 0 Å². The van der Waals surface area contributed by atoms with E-state index in [9.17, 15) is 9.59 Å². The summed E-state index contributed by atoms with van der Waals surface area (Å²) >= 11 is 0. The topological polar surface area (TPSA) is 69.3 Å². The number of aromatic amines is 1. The maximum atomic E-state index is 12.6. The van der Waals surface area contributed by atoms with Crippen molar-refractivity contribution in [3.05, 3.63) is 76.3 Å². The summed E-state index contributed by atoms with van der Waals surface area (Å²) in [7, 11) is 0. The number of H-pyrrole nitrogens is 1. The molecule has 1 fully saturated rings. The highest BCUT2D eigenvalue weighted by atomic mass is 16.2. The van der Waals surface area contributed by atoms with Crippen molar-refractivity contribution < 1.29 is 4.79 Å². The van der Waals surface area contributed by atoms with Gasteiger partial charge in [-0.05, 0) is 17.7 Å². The third-order valence-electron chi connectivity index (χ3n) is 5.21. The van der Waals surface area contributed by atoms with Crippen molar-refractivity contribution in [3.63, 3.8) is 0 Å². The van der Waals surface area contributed by atoms with Gasteiger partial charge in [-0.3, -0.25) is 14.5 Å². The SMILES string of the molecule is O=C(CCc1nc2ccccc2c(=O)[nH]1)N1CCN(Cc2ccccc2)CC1. The predicted octanol–water partition coefficient (Wildman–Crippen LogP) is 2.20. The summed E-state index contributed by atoms with van der Waals surface area (Å²) < 4.78 is 0. The standard InChI is InChI=1S/C22H24N4O2/c27-21(11-10-20-23-19-9-5-4-8-18(19)22(28)24-20)26-14-12-25(13-15-26)16-17-6-2-1-3-7-17/h1-9H,10-16H2,(H,23,24,28). The molecule has 0 spiro atoms. The van der Waals surface area contributed by atoms with Gasteiger partial charge >= 0.3 is 0 Å². The zero-order valence-electron chi connectivity index (χ0n) is 15.8. The number of fused-ring (bicyclic) bond motifs is 1. The van der Waals surface area contributed by atoms with Crippen molar-refractivity contribution >= 4 is 16.8 Å². The Kier molecular flexibility index (Phi) is 5.48. The van der Waals surface area contributed by atoms with Crippen LogP contribution in [-0.4, -0.2) is 51.9 Å². The quantitative estimate of drug-likeness (QED) is 0.741. The molecular weight excluding hydrogens is 352 g/mol. The molecule has 2 aromatic carbocycles. The Morgan fingerprint density at radius 2 is 1.68 bits per heavy atom. The van der Waals surface area contributed by atoms with Gasteiger partial charge in [0.15, 0.2) is 0 Å². The molecule has 1 aliphatic heterocycles. The van der Waals surface area contributed by atoms with Gasteiger partial charge in [0.25, 0.3) is 5.56 Å². The van der Waals surface area contributed by atoms with Gasteiger partial charge in [-0.25, -0.2) is 4.98 Å². The van der Waals surface area contributed by atoms with Gasteiger partial charge < -0.3 is 9.88 Å². The Bertz CT molecular complexity index is 1010. The highest BCUT2D eigenvalue weighted by Gasteiger charge is 2.21. The maximum absolute atomic E-state index is 12.6. The number of carbonyl (C=O) groups excluding carboxylic acids is 1. The third kappa shape index (κ3) is 4.28. The highest BCUT2D eigenvalue weighted by Crippen LogP contribution is 2.11. The van der Waals surface area contributed by atoms with Crippen LogP contribution < -0.4 is 5.56 Å². The minimum absolute atomic E-state index is 0.121. The predicted molar refractivity (Wildman–Crippen MR) is 109 cm³/mol. The summed E-state index contributed by atoms with van der Waals surface area (Å²) in [4.78, 5) is 36.3. The van der Waals surface area contributed by atoms with Crippen LogP contribution in [0.3, 0.4) is 0 Å². The lowest BCUT2D eigenvalue weighted by Crippen LogP contribution is -2.48. The molecule has 0 radical (unpaired) electrons. The second-order valence-corrected chi connectivity index (χ2v) is 7.17. The highest BCUT2D eigenvalue weighted by molar-refractivity contribution is 5.78. The van der Waals surface area contributed by atoms with Crippen molar-refractivity contribution in [2.45, 2.75) is 19.4 Å². The van der Waals surface area contributed by atoms with Gasteiger partial charge in [0, 0.05) is 45.6 Å². The van der Waals surface area contributed by atoms with E-state index in [1.807, 2.05) is 29.2 Å². The number of hydrogen-bond acceptors (Lipinski definition) is 4. The smallest absolute Gasteiger partial charge is 0.258 e. The average molecular weight is 376 g/mol. The minimum Gasteiger partial charge on any atom is -0.340 e. The third-order valence-corrected chi connectivity index (χ3v) is 5.21. The van der Waals surface area contributed by atoms with E-state index in [0.29, 0.717) is 29.6 Å². The van der Waals surface area contributed by atoms with Crippen LogP contribution in [0.25, 0.3) is 10.9 Å². The van der Waals surface area contributed by atoms with E-state index in [-0.39, 0.29) is 11.5 Å². The molecule has 6 heteroatoms. The molecule has 1 aromatic heterocycles. The first-order valence-corrected chi connectivity index (χ1v) is 9.71. The molecule has 1 saturated heterocycles. The summed E-state index contributed by atoms with van der Waals surface area (Å²) in [6.07, 6.45) is 0.809. The fourth-order valence-corrected chi connectivity index (χ4v) is 3.63. The van der Waals surface area contributed by atoms with Crippen molar-refractivity contribution in [2.24, 2.45) is 0 Å². The van der Waals surface area contributed by atoms with Gasteiger partial charge in [-0.2, -0.15) is 0 Å². The van der Waals surface area contributed by atoms with Gasteiger partial charge in [0.05, 0.1) is 10.9 Å². The molecule has 1 N–H and O–H groups in total. The summed E-state index contributed by atoms with van der Waals surface area (Å²) in [5.74, 6) is 0.690. The molecule has 144 valence electrons. The first-order chi connectivity index (χ1) is 13.7. The van der Waals surface area contributed by atoms with Crippen molar-refractivity contribution in [3.8, 4) is 0 Å². The largest absolute Gasteiger partial charge is 0.340 e. The lowest BCUT2D eigenvalue weighted by molar-refractivity contribution is -0.133. The molecule has 0 saturated carbocycles. The number of nitrogens with zero attached hydrogens (tertiary/aromatic N) is 3. The second kappa shape index (κ2) is 8.35. The Labute approximate surface area is 163 Å². The normalized spacial score (nSPS) is 15.1. The van der Waals surface area contributed by atoms with Crippen LogP contribution in [0.1, 0.15) is 17.8 Å². The van der Waals surface area contributed by atoms with Crippen molar-refractivity contribution in [1.29, 1.82) is 0 Å². The Morgan fingerprint density at radius 3 is 2.46 bits per heavy atom. The zero-order valence-corrected chi connectivity index (χ0v) is 15.8. The van der Waals surface area contributed by atoms with E-state index in [0.717, 1.165) is 32.7 Å². The average Bonchev–Trinajstić information content (AvgIpc) is 2.73. The maximum Gasteiger partial charge on any atom is 0.258 e. The fraction of sp³-hybridized carbons (Fsp3) is 0.318. The van der Waals surface area contributed by atoms with Crippen molar-refractivity contribution in [1.82, 2.24) is 19.8 Å². The fourth-order valence-electron chi connectivity index (χ4n) is 3.63. The van der Waals surface area contributed by atoms with Crippen molar-refractivity contribution in [2.75, 3.05) is 26.2 Å². The van der Waals surface area contributed by atoms with E-state index in [1.165, 1.54) is 5.56 Å². The number of rotatable bonds is 5. The van der Waals surface area contributed by atoms with Crippen LogP contribution in [0.5, 0.6) is 0 Å². The summed E-state index contributed by atoms with van der Waals surface area (Å²) in [6, 6.07) is 17.7. The molecule has 0 aliphatic carbocycles. The van der Waals surface area contributed by atoms with Crippen LogP contribution in [0.4, 0.5) is 0 Å². The number of carbonyl (C=O) groups is 1. The molecule has 2 heterocycles. The molecule has 1 aliphatic rings. The van der Waals surface area contributed by atoms with Crippen LogP contribution >= 0.6 is 0 Å². The second-order valence-electron chi connectivity index (χ2n) is 7.17. The first-order valence-electron chi connectivity index (χ1n) is 9.71. The summed E-state index contributed by atoms with van der Waals surface area (Å²) in [5, 5.41) is 0.576. The summed E-state index contributed by atoms with van der Waals surface area (Å²) in [5.41, 5.74) is 1.82. The number of nitrogens with one attached hydrogen (secondary N) is 1. The molecular formula is C22H24N4O2. The van der Waals surface area contributed by atoms with E-state index in [2.05, 4.69) is 39.1 Å². The minimum atomic E-state index is -0.150. The van der Waals surface area contributed by atoms with Gasteiger partial charge in [0.1, 0.15) is 5.82 Å². The number of benzene rings is 2. The number of piperazine rings is 1. The molecule has 6 nitrogen and oxygen atoms in total. The molecule has 28 heavy (non-hydrogen) atoms. The van der Waals surface area contributed by atoms with Crippen LogP contribution in [0.2, 0.25) is 0 Å². The zero-order chi connectivity index (χ0) is 19.3. The van der Waals surface area contributed by atoms with Crippen LogP contribution in [0.15, 0.2) is 59.4 Å². The van der Waals surface area contributed by atoms with Gasteiger partial charge in [0.2, 0.25) is 5.91 Å². The number of amides is 1. The Hall–Kier alpha value is -2.99. The number of aromatic nitrogens is 2. The number of hydrogen-bond donors (Lipinski definition) is 1. The Balaban J connectivity index is 1.30. The monoisotopic (exact) mass is 376 g/mol.